The summed E-state index contributed by atoms with van der Waals surface area (Å²) in [5.74, 6) is -1.19. The van der Waals surface area contributed by atoms with Gasteiger partial charge in [-0.1, -0.05) is 21.5 Å². The molecule has 10 heteroatoms. The number of methoxy groups -OCH3 is 1. The zero-order chi connectivity index (χ0) is 19.3. The van der Waals surface area contributed by atoms with Crippen LogP contribution in [0.15, 0.2) is 24.4 Å². The molecule has 0 aromatic carbocycles. The molecular formula is C16H18ClN3O6. The minimum Gasteiger partial charge on any atom is -0.469 e. The van der Waals surface area contributed by atoms with E-state index in [1.54, 1.807) is 26.0 Å². The Morgan fingerprint density at radius 2 is 2.08 bits per heavy atom. The fourth-order valence-electron chi connectivity index (χ4n) is 1.90. The summed E-state index contributed by atoms with van der Waals surface area (Å²) in [5.41, 5.74) is -0.289. The lowest BCUT2D eigenvalue weighted by Crippen LogP contribution is -2.32. The number of carbonyl (C=O) groups excluding carboxylic acids is 2. The molecule has 0 saturated heterocycles. The Kier molecular flexibility index (Phi) is 6.04. The van der Waals surface area contributed by atoms with Crippen molar-refractivity contribution in [2.24, 2.45) is 5.41 Å². The van der Waals surface area contributed by atoms with E-state index in [0.29, 0.717) is 15.6 Å². The van der Waals surface area contributed by atoms with Crippen molar-refractivity contribution < 1.29 is 29.0 Å². The van der Waals surface area contributed by atoms with Crippen LogP contribution < -0.4 is 4.74 Å². The maximum atomic E-state index is 11.7. The molecule has 0 aliphatic heterocycles. The van der Waals surface area contributed by atoms with Crippen LogP contribution in [0.25, 0.3) is 11.4 Å². The number of pyridine rings is 1. The predicted molar refractivity (Wildman–Crippen MR) is 89.9 cm³/mol. The van der Waals surface area contributed by atoms with E-state index in [0.717, 1.165) is 0 Å². The van der Waals surface area contributed by atoms with Crippen LogP contribution in [0.4, 0.5) is 0 Å². The Morgan fingerprint density at radius 3 is 2.69 bits per heavy atom. The number of halogens is 1. The van der Waals surface area contributed by atoms with Crippen molar-refractivity contribution in [1.29, 1.82) is 0 Å². The van der Waals surface area contributed by atoms with Gasteiger partial charge in [-0.05, 0) is 26.0 Å². The van der Waals surface area contributed by atoms with Crippen molar-refractivity contribution in [1.82, 2.24) is 14.9 Å². The molecule has 0 unspecified atom stereocenters. The quantitative estimate of drug-likeness (QED) is 0.570. The van der Waals surface area contributed by atoms with Crippen molar-refractivity contribution >= 4 is 23.5 Å². The number of esters is 2. The van der Waals surface area contributed by atoms with Gasteiger partial charge in [0.2, 0.25) is 5.88 Å². The normalized spacial score (nSPS) is 11.1. The second kappa shape index (κ2) is 8.05. The fourth-order valence-corrected chi connectivity index (χ4v) is 2.01. The number of nitrogens with zero attached hydrogens (tertiary/aromatic N) is 3. The average Bonchev–Trinajstić information content (AvgIpc) is 2.99. The van der Waals surface area contributed by atoms with Gasteiger partial charge in [-0.15, -0.1) is 0 Å². The third-order valence-electron chi connectivity index (χ3n) is 3.33. The van der Waals surface area contributed by atoms with Gasteiger partial charge in [0.25, 0.3) is 0 Å². The van der Waals surface area contributed by atoms with Crippen LogP contribution in [-0.2, 0) is 19.1 Å². The van der Waals surface area contributed by atoms with E-state index in [4.69, 9.17) is 21.1 Å². The van der Waals surface area contributed by atoms with Gasteiger partial charge in [0.05, 0.1) is 23.2 Å². The molecular weight excluding hydrogens is 366 g/mol. The number of aromatic nitrogens is 3. The number of rotatable bonds is 7. The first-order chi connectivity index (χ1) is 12.2. The molecule has 2 rings (SSSR count). The number of carbonyl (C=O) groups is 2. The first-order valence-corrected chi connectivity index (χ1v) is 7.89. The first-order valence-electron chi connectivity index (χ1n) is 7.51. The summed E-state index contributed by atoms with van der Waals surface area (Å²) in [6, 6.07) is 4.61. The number of ether oxygens (including phenoxy) is 3. The summed E-state index contributed by atoms with van der Waals surface area (Å²) in [6.07, 6.45) is 1.42. The molecule has 0 bridgehead atoms. The van der Waals surface area contributed by atoms with Crippen molar-refractivity contribution in [3.63, 3.8) is 0 Å². The van der Waals surface area contributed by atoms with Crippen LogP contribution >= 0.6 is 11.6 Å². The van der Waals surface area contributed by atoms with Crippen LogP contribution in [0.1, 0.15) is 13.8 Å². The Labute approximate surface area is 154 Å². The van der Waals surface area contributed by atoms with Gasteiger partial charge in [0.1, 0.15) is 12.3 Å². The third kappa shape index (κ3) is 4.85. The van der Waals surface area contributed by atoms with Crippen LogP contribution in [0.3, 0.4) is 0 Å². The lowest BCUT2D eigenvalue weighted by Gasteiger charge is -2.20. The van der Waals surface area contributed by atoms with Gasteiger partial charge in [-0.2, -0.15) is 0 Å². The largest absolute Gasteiger partial charge is 0.469 e. The molecule has 140 valence electrons. The minimum absolute atomic E-state index is 0.00317. The zero-order valence-electron chi connectivity index (χ0n) is 14.4. The molecule has 0 fully saturated rings. The lowest BCUT2D eigenvalue weighted by atomic mass is 9.95. The lowest BCUT2D eigenvalue weighted by molar-refractivity contribution is -0.160. The van der Waals surface area contributed by atoms with Gasteiger partial charge in [0.15, 0.2) is 6.61 Å². The summed E-state index contributed by atoms with van der Waals surface area (Å²) >= 11 is 5.77. The summed E-state index contributed by atoms with van der Waals surface area (Å²) in [5, 5.41) is 14.0. The van der Waals surface area contributed by atoms with E-state index in [1.807, 2.05) is 0 Å². The Balaban J connectivity index is 1.92. The number of hydrogen-bond acceptors (Lipinski definition) is 8. The van der Waals surface area contributed by atoms with E-state index < -0.39 is 24.0 Å². The topological polar surface area (TPSA) is 113 Å². The van der Waals surface area contributed by atoms with Crippen molar-refractivity contribution in [3.8, 4) is 17.3 Å². The summed E-state index contributed by atoms with van der Waals surface area (Å²) < 4.78 is 14.8. The molecule has 1 N–H and O–H groups in total. The maximum absolute atomic E-state index is 11.7. The van der Waals surface area contributed by atoms with E-state index in [2.05, 4.69) is 14.8 Å². The van der Waals surface area contributed by atoms with E-state index in [-0.39, 0.29) is 18.2 Å². The van der Waals surface area contributed by atoms with E-state index >= 15 is 0 Å². The molecule has 0 spiro atoms. The van der Waals surface area contributed by atoms with E-state index in [9.17, 15) is 14.8 Å². The highest BCUT2D eigenvalue weighted by molar-refractivity contribution is 6.30. The highest BCUT2D eigenvalue weighted by Gasteiger charge is 2.30. The van der Waals surface area contributed by atoms with E-state index in [1.165, 1.54) is 19.4 Å². The van der Waals surface area contributed by atoms with Gasteiger partial charge in [-0.3, -0.25) is 9.78 Å². The Bertz CT molecular complexity index is 788. The smallest absolute Gasteiger partial charge is 0.344 e. The molecule has 0 amide bonds. The third-order valence-corrected chi connectivity index (χ3v) is 3.55. The maximum Gasteiger partial charge on any atom is 0.344 e. The second-order valence-electron chi connectivity index (χ2n) is 5.94. The molecule has 26 heavy (non-hydrogen) atoms. The standard InChI is InChI=1S/C16H18ClN3O6/c1-16(2,15(22)24-3)9-26-14(21)8-25-13-6-12(20(23)19-13)11-5-4-10(17)7-18-11/h4-7,23H,8-9H2,1-3H3. The summed E-state index contributed by atoms with van der Waals surface area (Å²) in [6.45, 7) is 2.58. The van der Waals surface area contributed by atoms with Gasteiger partial charge in [0, 0.05) is 12.3 Å². The van der Waals surface area contributed by atoms with Crippen molar-refractivity contribution in [2.45, 2.75) is 13.8 Å². The molecule has 2 heterocycles. The van der Waals surface area contributed by atoms with Gasteiger partial charge < -0.3 is 19.4 Å². The Hall–Kier alpha value is -2.81. The van der Waals surface area contributed by atoms with Gasteiger partial charge in [-0.25, -0.2) is 4.79 Å². The van der Waals surface area contributed by atoms with Crippen LogP contribution in [0.5, 0.6) is 5.88 Å². The van der Waals surface area contributed by atoms with Crippen LogP contribution in [-0.4, -0.2) is 52.4 Å². The molecule has 0 radical (unpaired) electrons. The molecule has 0 saturated carbocycles. The fraction of sp³-hybridized carbons (Fsp3) is 0.375. The SMILES string of the molecule is COC(=O)C(C)(C)COC(=O)COc1cc(-c2ccc(Cl)cn2)n(O)n1. The number of hydrogen-bond donors (Lipinski definition) is 1. The van der Waals surface area contributed by atoms with Crippen LogP contribution in [0.2, 0.25) is 5.02 Å². The first kappa shape index (κ1) is 19.5. The van der Waals surface area contributed by atoms with Gasteiger partial charge >= 0.3 is 11.9 Å². The second-order valence-corrected chi connectivity index (χ2v) is 6.38. The van der Waals surface area contributed by atoms with Crippen LogP contribution in [0, 0.1) is 5.41 Å². The molecule has 2 aromatic heterocycles. The van der Waals surface area contributed by atoms with Crippen molar-refractivity contribution in [3.05, 3.63) is 29.4 Å². The Morgan fingerprint density at radius 1 is 1.35 bits per heavy atom. The summed E-state index contributed by atoms with van der Waals surface area (Å²) in [7, 11) is 1.26. The zero-order valence-corrected chi connectivity index (χ0v) is 15.2. The average molecular weight is 384 g/mol. The molecule has 2 aromatic rings. The molecule has 0 aliphatic rings. The molecule has 9 nitrogen and oxygen atoms in total. The van der Waals surface area contributed by atoms with Crippen molar-refractivity contribution in [2.75, 3.05) is 20.3 Å². The molecule has 0 aliphatic carbocycles. The highest BCUT2D eigenvalue weighted by atomic mass is 35.5. The predicted octanol–water partition coefficient (Wildman–Crippen LogP) is 1.96. The highest BCUT2D eigenvalue weighted by Crippen LogP contribution is 2.22. The monoisotopic (exact) mass is 383 g/mol. The molecule has 0 atom stereocenters. The summed E-state index contributed by atoms with van der Waals surface area (Å²) in [4.78, 5) is 27.9. The minimum atomic E-state index is -0.968.